The number of hydrogen-bond donors (Lipinski definition) is 2. The van der Waals surface area contributed by atoms with Crippen molar-refractivity contribution in [1.82, 2.24) is 4.90 Å². The Labute approximate surface area is 145 Å². The molecule has 3 rings (SSSR count). The molecular formula is C17H22N2O6. The number of ether oxygens (including phenoxy) is 2. The van der Waals surface area contributed by atoms with Crippen molar-refractivity contribution >= 4 is 17.6 Å². The highest BCUT2D eigenvalue weighted by molar-refractivity contribution is 6.02. The highest BCUT2D eigenvalue weighted by Crippen LogP contribution is 2.40. The number of methoxy groups -OCH3 is 1. The average Bonchev–Trinajstić information content (AvgIpc) is 3.06. The molecule has 1 fully saturated rings. The van der Waals surface area contributed by atoms with E-state index in [2.05, 4.69) is 0 Å². The zero-order valence-corrected chi connectivity index (χ0v) is 14.3. The molecule has 0 aromatic heterocycles. The molecule has 0 spiro atoms. The van der Waals surface area contributed by atoms with E-state index in [0.29, 0.717) is 29.3 Å². The molecule has 1 aromatic rings. The zero-order chi connectivity index (χ0) is 18.1. The molecule has 2 heterocycles. The van der Waals surface area contributed by atoms with Crippen LogP contribution in [-0.4, -0.2) is 66.6 Å². The number of anilines is 1. The lowest BCUT2D eigenvalue weighted by Crippen LogP contribution is -2.47. The van der Waals surface area contributed by atoms with Crippen molar-refractivity contribution in [2.75, 3.05) is 32.2 Å². The Morgan fingerprint density at radius 1 is 1.36 bits per heavy atom. The molecule has 0 aliphatic carbocycles. The lowest BCUT2D eigenvalue weighted by molar-refractivity contribution is -0.137. The van der Waals surface area contributed by atoms with Crippen molar-refractivity contribution in [2.24, 2.45) is 0 Å². The van der Waals surface area contributed by atoms with Gasteiger partial charge in [0.2, 0.25) is 0 Å². The maximum absolute atomic E-state index is 12.9. The summed E-state index contributed by atoms with van der Waals surface area (Å²) in [5, 5.41) is 19.4. The summed E-state index contributed by atoms with van der Waals surface area (Å²) in [5.74, 6) is -0.400. The number of likely N-dealkylation sites (N-methyl/N-ethyl adjacent to an activating group) is 1. The molecule has 8 nitrogen and oxygen atoms in total. The standard InChI is InChI=1S/C17H22N2O6/c1-18-12-9-14(25-7-5-15(20)21)13(24-2)8-10(12)16(22)19-6-3-4-11(19)17(18)23/h8-9,11,17,23H,3-7H2,1-2H3,(H,20,21)/t11-,17-/m0/s1. The summed E-state index contributed by atoms with van der Waals surface area (Å²) in [7, 11) is 3.19. The second-order valence-electron chi connectivity index (χ2n) is 6.25. The van der Waals surface area contributed by atoms with Gasteiger partial charge >= 0.3 is 5.97 Å². The summed E-state index contributed by atoms with van der Waals surface area (Å²) < 4.78 is 10.8. The Bertz CT molecular complexity index is 692. The van der Waals surface area contributed by atoms with Gasteiger partial charge in [0.25, 0.3) is 5.91 Å². The van der Waals surface area contributed by atoms with Crippen LogP contribution in [0.5, 0.6) is 11.5 Å². The van der Waals surface area contributed by atoms with Gasteiger partial charge in [-0.1, -0.05) is 0 Å². The van der Waals surface area contributed by atoms with Crippen LogP contribution in [0.15, 0.2) is 12.1 Å². The van der Waals surface area contributed by atoms with Crippen LogP contribution in [0.1, 0.15) is 29.6 Å². The number of benzene rings is 1. The molecule has 0 unspecified atom stereocenters. The number of carboxylic acid groups (broad SMARTS) is 1. The molecule has 1 saturated heterocycles. The number of amides is 1. The van der Waals surface area contributed by atoms with Crippen molar-refractivity contribution in [2.45, 2.75) is 31.5 Å². The molecule has 8 heteroatoms. The smallest absolute Gasteiger partial charge is 0.306 e. The van der Waals surface area contributed by atoms with E-state index in [9.17, 15) is 14.7 Å². The molecular weight excluding hydrogens is 328 g/mol. The van der Waals surface area contributed by atoms with Crippen LogP contribution in [0.4, 0.5) is 5.69 Å². The molecule has 2 aliphatic rings. The molecule has 0 saturated carbocycles. The Morgan fingerprint density at radius 3 is 2.80 bits per heavy atom. The van der Waals surface area contributed by atoms with Crippen molar-refractivity contribution < 1.29 is 29.3 Å². The van der Waals surface area contributed by atoms with Gasteiger partial charge in [-0.2, -0.15) is 0 Å². The van der Waals surface area contributed by atoms with Gasteiger partial charge in [0.15, 0.2) is 11.5 Å². The van der Waals surface area contributed by atoms with Crippen LogP contribution >= 0.6 is 0 Å². The Morgan fingerprint density at radius 2 is 2.12 bits per heavy atom. The number of carbonyl (C=O) groups is 2. The third kappa shape index (κ3) is 3.09. The number of fused-ring (bicyclic) bond motifs is 2. The first-order valence-corrected chi connectivity index (χ1v) is 8.22. The fourth-order valence-corrected chi connectivity index (χ4v) is 3.44. The number of carbonyl (C=O) groups excluding carboxylic acids is 1. The van der Waals surface area contributed by atoms with E-state index >= 15 is 0 Å². The van der Waals surface area contributed by atoms with Crippen LogP contribution in [0.3, 0.4) is 0 Å². The quantitative estimate of drug-likeness (QED) is 0.814. The van der Waals surface area contributed by atoms with Gasteiger partial charge in [0, 0.05) is 19.7 Å². The first-order chi connectivity index (χ1) is 11.9. The van der Waals surface area contributed by atoms with Crippen LogP contribution in [-0.2, 0) is 4.79 Å². The van der Waals surface area contributed by atoms with E-state index in [-0.39, 0.29) is 25.0 Å². The molecule has 0 radical (unpaired) electrons. The maximum atomic E-state index is 12.9. The van der Waals surface area contributed by atoms with Gasteiger partial charge in [-0.25, -0.2) is 0 Å². The van der Waals surface area contributed by atoms with Crippen LogP contribution in [0.25, 0.3) is 0 Å². The summed E-state index contributed by atoms with van der Waals surface area (Å²) >= 11 is 0. The van der Waals surface area contributed by atoms with Gasteiger partial charge in [-0.05, 0) is 18.9 Å². The van der Waals surface area contributed by atoms with Crippen LogP contribution < -0.4 is 14.4 Å². The topological polar surface area (TPSA) is 99.5 Å². The molecule has 0 bridgehead atoms. The summed E-state index contributed by atoms with van der Waals surface area (Å²) in [6.45, 7) is 0.604. The Balaban J connectivity index is 1.99. The molecule has 2 aliphatic heterocycles. The highest BCUT2D eigenvalue weighted by Gasteiger charge is 2.41. The largest absolute Gasteiger partial charge is 0.493 e. The van der Waals surface area contributed by atoms with E-state index in [1.54, 1.807) is 29.0 Å². The predicted molar refractivity (Wildman–Crippen MR) is 89.2 cm³/mol. The lowest BCUT2D eigenvalue weighted by Gasteiger charge is -2.31. The highest BCUT2D eigenvalue weighted by atomic mass is 16.5. The molecule has 136 valence electrons. The van der Waals surface area contributed by atoms with Gasteiger partial charge < -0.3 is 29.5 Å². The molecule has 1 amide bonds. The monoisotopic (exact) mass is 350 g/mol. The summed E-state index contributed by atoms with van der Waals surface area (Å²) in [6.07, 6.45) is 0.662. The van der Waals surface area contributed by atoms with Crippen LogP contribution in [0.2, 0.25) is 0 Å². The predicted octanol–water partition coefficient (Wildman–Crippen LogP) is 0.921. The molecule has 2 atom stereocenters. The molecule has 2 N–H and O–H groups in total. The fraction of sp³-hybridized carbons (Fsp3) is 0.529. The number of aliphatic hydroxyl groups excluding tert-OH is 1. The van der Waals surface area contributed by atoms with E-state index in [0.717, 1.165) is 12.8 Å². The maximum Gasteiger partial charge on any atom is 0.306 e. The first kappa shape index (κ1) is 17.3. The second kappa shape index (κ2) is 6.79. The van der Waals surface area contributed by atoms with E-state index in [4.69, 9.17) is 14.6 Å². The average molecular weight is 350 g/mol. The minimum Gasteiger partial charge on any atom is -0.493 e. The van der Waals surface area contributed by atoms with Crippen molar-refractivity contribution in [3.63, 3.8) is 0 Å². The number of aliphatic hydroxyl groups is 1. The molecule has 25 heavy (non-hydrogen) atoms. The summed E-state index contributed by atoms with van der Waals surface area (Å²) in [6, 6.07) is 2.98. The van der Waals surface area contributed by atoms with E-state index in [1.165, 1.54) is 7.11 Å². The third-order valence-electron chi connectivity index (χ3n) is 4.77. The van der Waals surface area contributed by atoms with Crippen molar-refractivity contribution in [3.8, 4) is 11.5 Å². The van der Waals surface area contributed by atoms with E-state index < -0.39 is 12.2 Å². The lowest BCUT2D eigenvalue weighted by atomic mass is 10.1. The Hall–Kier alpha value is -2.48. The van der Waals surface area contributed by atoms with E-state index in [1.807, 2.05) is 0 Å². The van der Waals surface area contributed by atoms with Gasteiger partial charge in [0.1, 0.15) is 6.23 Å². The number of carboxylic acids is 1. The SMILES string of the molecule is COc1cc2c(cc1OCCC(=O)O)N(C)[C@@H](O)[C@@H]1CCCN1C2=O. The normalized spacial score (nSPS) is 22.3. The fourth-order valence-electron chi connectivity index (χ4n) is 3.44. The van der Waals surface area contributed by atoms with Gasteiger partial charge in [-0.15, -0.1) is 0 Å². The summed E-state index contributed by atoms with van der Waals surface area (Å²) in [4.78, 5) is 26.9. The first-order valence-electron chi connectivity index (χ1n) is 8.22. The number of rotatable bonds is 5. The van der Waals surface area contributed by atoms with Crippen molar-refractivity contribution in [1.29, 1.82) is 0 Å². The number of nitrogens with zero attached hydrogens (tertiary/aromatic N) is 2. The van der Waals surface area contributed by atoms with Gasteiger partial charge in [-0.3, -0.25) is 9.59 Å². The number of hydrogen-bond acceptors (Lipinski definition) is 6. The molecule has 1 aromatic carbocycles. The third-order valence-corrected chi connectivity index (χ3v) is 4.77. The van der Waals surface area contributed by atoms with Gasteiger partial charge in [0.05, 0.1) is 37.4 Å². The number of aliphatic carboxylic acids is 1. The Kier molecular flexibility index (Phi) is 4.71. The van der Waals surface area contributed by atoms with Crippen molar-refractivity contribution in [3.05, 3.63) is 17.7 Å². The van der Waals surface area contributed by atoms with Crippen LogP contribution in [0, 0.1) is 0 Å². The second-order valence-corrected chi connectivity index (χ2v) is 6.25. The zero-order valence-electron chi connectivity index (χ0n) is 14.3. The summed E-state index contributed by atoms with van der Waals surface area (Å²) in [5.41, 5.74) is 0.978. The minimum absolute atomic E-state index is 0.0144. The minimum atomic E-state index is -0.961.